The van der Waals surface area contributed by atoms with Gasteiger partial charge in [-0.1, -0.05) is 18.5 Å². The number of halogens is 1. The van der Waals surface area contributed by atoms with Crippen molar-refractivity contribution in [2.24, 2.45) is 0 Å². The summed E-state index contributed by atoms with van der Waals surface area (Å²) in [6.45, 7) is 1.49. The van der Waals surface area contributed by atoms with E-state index in [1.54, 1.807) is 0 Å². The van der Waals surface area contributed by atoms with Crippen LogP contribution in [0.5, 0.6) is 5.75 Å². The summed E-state index contributed by atoms with van der Waals surface area (Å²) in [4.78, 5) is -0.181. The third-order valence-electron chi connectivity index (χ3n) is 1.82. The second-order valence-electron chi connectivity index (χ2n) is 2.72. The van der Waals surface area contributed by atoms with E-state index < -0.39 is 15.6 Å². The van der Waals surface area contributed by atoms with E-state index in [-0.39, 0.29) is 21.4 Å². The molecule has 3 N–H and O–H groups in total. The highest BCUT2D eigenvalue weighted by Crippen LogP contribution is 2.35. The molecule has 0 radical (unpaired) electrons. The Morgan fingerprint density at radius 2 is 2.07 bits per heavy atom. The summed E-state index contributed by atoms with van der Waals surface area (Å²) in [6, 6.07) is 2.60. The summed E-state index contributed by atoms with van der Waals surface area (Å²) in [5, 5.41) is 9.33. The SMILES string of the molecule is CCS(=O)(=O)c1ccc(N)c(Cl)c1O. The normalized spacial score (nSPS) is 11.6. The molecule has 0 aliphatic heterocycles. The number of anilines is 1. The zero-order valence-electron chi connectivity index (χ0n) is 7.49. The molecule has 1 rings (SSSR count). The van der Waals surface area contributed by atoms with Crippen LogP contribution < -0.4 is 5.73 Å². The van der Waals surface area contributed by atoms with Crippen LogP contribution in [0, 0.1) is 0 Å². The van der Waals surface area contributed by atoms with Crippen LogP contribution in [-0.2, 0) is 9.84 Å². The topological polar surface area (TPSA) is 80.4 Å². The van der Waals surface area contributed by atoms with Crippen LogP contribution in [0.1, 0.15) is 6.92 Å². The minimum Gasteiger partial charge on any atom is -0.505 e. The number of aromatic hydroxyl groups is 1. The lowest BCUT2D eigenvalue weighted by molar-refractivity contribution is 0.459. The second kappa shape index (κ2) is 3.67. The molecule has 4 nitrogen and oxygen atoms in total. The summed E-state index contributed by atoms with van der Waals surface area (Å²) in [6.07, 6.45) is 0. The van der Waals surface area contributed by atoms with Gasteiger partial charge in [-0.05, 0) is 12.1 Å². The molecule has 78 valence electrons. The molecular formula is C8H10ClNO3S. The monoisotopic (exact) mass is 235 g/mol. The van der Waals surface area contributed by atoms with Crippen molar-refractivity contribution in [3.05, 3.63) is 17.2 Å². The van der Waals surface area contributed by atoms with E-state index in [0.29, 0.717) is 0 Å². The number of sulfone groups is 1. The predicted molar refractivity (Wildman–Crippen MR) is 55.3 cm³/mol. The number of hydrogen-bond acceptors (Lipinski definition) is 4. The van der Waals surface area contributed by atoms with Crippen molar-refractivity contribution in [3.8, 4) is 5.75 Å². The molecule has 0 aliphatic carbocycles. The lowest BCUT2D eigenvalue weighted by atomic mass is 10.3. The maximum Gasteiger partial charge on any atom is 0.181 e. The Labute approximate surface area is 87.2 Å². The largest absolute Gasteiger partial charge is 0.505 e. The van der Waals surface area contributed by atoms with Gasteiger partial charge in [0.15, 0.2) is 15.6 Å². The van der Waals surface area contributed by atoms with Gasteiger partial charge in [-0.15, -0.1) is 0 Å². The first kappa shape index (κ1) is 11.1. The van der Waals surface area contributed by atoms with Gasteiger partial charge in [-0.2, -0.15) is 0 Å². The van der Waals surface area contributed by atoms with Crippen LogP contribution in [0.4, 0.5) is 5.69 Å². The summed E-state index contributed by atoms with van der Waals surface area (Å²) in [5.41, 5.74) is 5.54. The maximum absolute atomic E-state index is 11.4. The van der Waals surface area contributed by atoms with Crippen LogP contribution in [0.3, 0.4) is 0 Å². The van der Waals surface area contributed by atoms with E-state index in [1.807, 2.05) is 0 Å². The fourth-order valence-electron chi connectivity index (χ4n) is 0.969. The Bertz CT molecular complexity index is 456. The smallest absolute Gasteiger partial charge is 0.181 e. The van der Waals surface area contributed by atoms with Gasteiger partial charge in [-0.25, -0.2) is 8.42 Å². The van der Waals surface area contributed by atoms with Gasteiger partial charge in [0.2, 0.25) is 0 Å². The summed E-state index contributed by atoms with van der Waals surface area (Å²) in [7, 11) is -3.46. The van der Waals surface area contributed by atoms with E-state index in [2.05, 4.69) is 0 Å². The molecule has 1 aromatic carbocycles. The van der Waals surface area contributed by atoms with Crippen LogP contribution in [0.25, 0.3) is 0 Å². The molecule has 0 atom stereocenters. The lowest BCUT2D eigenvalue weighted by Crippen LogP contribution is -2.04. The molecule has 0 amide bonds. The minimum atomic E-state index is -3.46. The standard InChI is InChI=1S/C8H10ClNO3S/c1-2-14(12,13)6-4-3-5(10)7(9)8(6)11/h3-4,11H,2,10H2,1H3. The Morgan fingerprint density at radius 3 is 2.57 bits per heavy atom. The molecular weight excluding hydrogens is 226 g/mol. The summed E-state index contributed by atoms with van der Waals surface area (Å²) in [5.74, 6) is -0.575. The lowest BCUT2D eigenvalue weighted by Gasteiger charge is -2.07. The molecule has 0 spiro atoms. The molecule has 0 unspecified atom stereocenters. The zero-order chi connectivity index (χ0) is 10.9. The second-order valence-corrected chi connectivity index (χ2v) is 5.34. The van der Waals surface area contributed by atoms with E-state index >= 15 is 0 Å². The number of benzene rings is 1. The van der Waals surface area contributed by atoms with Gasteiger partial charge < -0.3 is 10.8 Å². The molecule has 0 saturated carbocycles. The molecule has 6 heteroatoms. The van der Waals surface area contributed by atoms with Gasteiger partial charge in [-0.3, -0.25) is 0 Å². The summed E-state index contributed by atoms with van der Waals surface area (Å²) < 4.78 is 22.9. The molecule has 1 aromatic rings. The van der Waals surface area contributed by atoms with Crippen molar-refractivity contribution in [2.75, 3.05) is 11.5 Å². The zero-order valence-corrected chi connectivity index (χ0v) is 9.06. The molecule has 0 heterocycles. The molecule has 0 saturated heterocycles. The Balaban J connectivity index is 3.47. The van der Waals surface area contributed by atoms with E-state index in [4.69, 9.17) is 17.3 Å². The van der Waals surface area contributed by atoms with Crippen LogP contribution in [0.15, 0.2) is 17.0 Å². The van der Waals surface area contributed by atoms with Gasteiger partial charge in [0.25, 0.3) is 0 Å². The van der Waals surface area contributed by atoms with E-state index in [1.165, 1.54) is 19.1 Å². The maximum atomic E-state index is 11.4. The number of hydrogen-bond donors (Lipinski definition) is 2. The number of phenolic OH excluding ortho intramolecular Hbond substituents is 1. The quantitative estimate of drug-likeness (QED) is 0.760. The molecule has 14 heavy (non-hydrogen) atoms. The highest BCUT2D eigenvalue weighted by Gasteiger charge is 2.19. The van der Waals surface area contributed by atoms with Gasteiger partial charge in [0, 0.05) is 0 Å². The van der Waals surface area contributed by atoms with Crippen molar-refractivity contribution < 1.29 is 13.5 Å². The Kier molecular flexibility index (Phi) is 2.92. The first-order chi connectivity index (χ1) is 6.40. The summed E-state index contributed by atoms with van der Waals surface area (Å²) >= 11 is 5.61. The van der Waals surface area contributed by atoms with Crippen LogP contribution in [0.2, 0.25) is 5.02 Å². The number of phenols is 1. The number of rotatable bonds is 2. The van der Waals surface area contributed by atoms with Crippen molar-refractivity contribution >= 4 is 27.1 Å². The van der Waals surface area contributed by atoms with E-state index in [9.17, 15) is 13.5 Å². The fraction of sp³-hybridized carbons (Fsp3) is 0.250. The van der Waals surface area contributed by atoms with Crippen molar-refractivity contribution in [1.29, 1.82) is 0 Å². The van der Waals surface area contributed by atoms with Crippen LogP contribution in [-0.4, -0.2) is 19.3 Å². The number of nitrogen functional groups attached to an aromatic ring is 1. The molecule has 0 bridgehead atoms. The fourth-order valence-corrected chi connectivity index (χ4v) is 2.17. The number of nitrogens with two attached hydrogens (primary N) is 1. The highest BCUT2D eigenvalue weighted by atomic mass is 35.5. The molecule has 0 aromatic heterocycles. The van der Waals surface area contributed by atoms with Crippen molar-refractivity contribution in [2.45, 2.75) is 11.8 Å². The average Bonchev–Trinajstić information content (AvgIpc) is 2.14. The average molecular weight is 236 g/mol. The third-order valence-corrected chi connectivity index (χ3v) is 3.98. The predicted octanol–water partition coefficient (Wildman–Crippen LogP) is 1.42. The van der Waals surface area contributed by atoms with Crippen LogP contribution >= 0.6 is 11.6 Å². The third kappa shape index (κ3) is 1.78. The van der Waals surface area contributed by atoms with E-state index in [0.717, 1.165) is 0 Å². The van der Waals surface area contributed by atoms with Crippen molar-refractivity contribution in [1.82, 2.24) is 0 Å². The minimum absolute atomic E-state index is 0.0964. The first-order valence-corrected chi connectivity index (χ1v) is 5.93. The first-order valence-electron chi connectivity index (χ1n) is 3.90. The van der Waals surface area contributed by atoms with Gasteiger partial charge >= 0.3 is 0 Å². The molecule has 0 aliphatic rings. The molecule has 0 fully saturated rings. The van der Waals surface area contributed by atoms with Gasteiger partial charge in [0.05, 0.1) is 11.4 Å². The Morgan fingerprint density at radius 1 is 1.50 bits per heavy atom. The van der Waals surface area contributed by atoms with Crippen molar-refractivity contribution in [3.63, 3.8) is 0 Å². The Hall–Kier alpha value is -0.940. The van der Waals surface area contributed by atoms with Gasteiger partial charge in [0.1, 0.15) is 9.92 Å². The highest BCUT2D eigenvalue weighted by molar-refractivity contribution is 7.91.